The van der Waals surface area contributed by atoms with Gasteiger partial charge in [-0.3, -0.25) is 4.79 Å². The molecule has 3 aromatic rings. The fourth-order valence-corrected chi connectivity index (χ4v) is 2.85. The van der Waals surface area contributed by atoms with E-state index in [0.29, 0.717) is 34.5 Å². The first-order chi connectivity index (χ1) is 15.3. The van der Waals surface area contributed by atoms with Crippen molar-refractivity contribution in [2.45, 2.75) is 18.0 Å². The number of alkyl halides is 3. The number of halogens is 4. The van der Waals surface area contributed by atoms with Crippen LogP contribution in [0, 0.1) is 12.7 Å². The Balaban J connectivity index is 1.95. The Labute approximate surface area is 178 Å². The largest absolute Gasteiger partial charge is 0.438 e. The summed E-state index contributed by atoms with van der Waals surface area (Å²) in [4.78, 5) is 16.8. The Morgan fingerprint density at radius 1 is 1.20 bits per heavy atom. The van der Waals surface area contributed by atoms with Crippen LogP contribution in [-0.4, -0.2) is 17.1 Å². The summed E-state index contributed by atoms with van der Waals surface area (Å²) in [5.41, 5.74) is -1.17. The van der Waals surface area contributed by atoms with Gasteiger partial charge in [-0.2, -0.15) is 13.2 Å². The molecule has 0 aliphatic rings. The van der Waals surface area contributed by atoms with Gasteiger partial charge in [0.15, 0.2) is 0 Å². The van der Waals surface area contributed by atoms with Crippen LogP contribution >= 0.6 is 11.8 Å². The van der Waals surface area contributed by atoms with Crippen LogP contribution < -0.4 is 10.1 Å². The quantitative estimate of drug-likeness (QED) is 0.374. The molecule has 30 heavy (non-hydrogen) atoms. The van der Waals surface area contributed by atoms with E-state index in [1.165, 1.54) is 37.3 Å². The minimum Gasteiger partial charge on any atom is -0.438 e. The summed E-state index contributed by atoms with van der Waals surface area (Å²) in [6.45, 7) is 1.52. The van der Waals surface area contributed by atoms with E-state index in [1.807, 2.05) is 0 Å². The number of rotatable bonds is 5. The predicted octanol–water partition coefficient (Wildman–Crippen LogP) is 6.31. The standard InChI is InChI=1S/C21H16F4N2O2S/c1-12-8-14(22)6-7-18(12)29-20-17(9-13(11-26-20)21(23,24)25)19(28)27-15-4-3-5-16(10-15)30-2/h3-11H,1-2H3,(H,27,28)/i2D3. The number of carbonyl (C=O) groups excluding carboxylic acids is 1. The van der Waals surface area contributed by atoms with Gasteiger partial charge in [-0.1, -0.05) is 6.07 Å². The zero-order valence-electron chi connectivity index (χ0n) is 18.4. The second kappa shape index (κ2) is 8.74. The number of pyridine rings is 1. The van der Waals surface area contributed by atoms with Crippen LogP contribution in [0.1, 0.15) is 25.6 Å². The highest BCUT2D eigenvalue weighted by Crippen LogP contribution is 2.34. The van der Waals surface area contributed by atoms with Gasteiger partial charge in [0.1, 0.15) is 17.1 Å². The molecular weight excluding hydrogens is 420 g/mol. The first-order valence-electron chi connectivity index (χ1n) is 9.93. The molecule has 1 aromatic heterocycles. The van der Waals surface area contributed by atoms with Crippen LogP contribution in [0.4, 0.5) is 23.2 Å². The summed E-state index contributed by atoms with van der Waals surface area (Å²) in [7, 11) is 0. The van der Waals surface area contributed by atoms with Crippen molar-refractivity contribution in [3.05, 3.63) is 77.2 Å². The monoisotopic (exact) mass is 439 g/mol. The molecule has 1 amide bonds. The van der Waals surface area contributed by atoms with E-state index >= 15 is 0 Å². The van der Waals surface area contributed by atoms with Crippen molar-refractivity contribution >= 4 is 23.4 Å². The zero-order chi connectivity index (χ0) is 24.4. The van der Waals surface area contributed by atoms with Crippen LogP contribution in [0.25, 0.3) is 0 Å². The molecule has 0 radical (unpaired) electrons. The lowest BCUT2D eigenvalue weighted by molar-refractivity contribution is -0.137. The smallest absolute Gasteiger partial charge is 0.417 e. The van der Waals surface area contributed by atoms with Gasteiger partial charge in [-0.05, 0) is 61.1 Å². The molecule has 0 aliphatic carbocycles. The molecule has 1 N–H and O–H groups in total. The van der Waals surface area contributed by atoms with Gasteiger partial charge >= 0.3 is 6.18 Å². The van der Waals surface area contributed by atoms with Gasteiger partial charge in [0, 0.05) is 20.9 Å². The lowest BCUT2D eigenvalue weighted by Crippen LogP contribution is -2.16. The van der Waals surface area contributed by atoms with Crippen molar-refractivity contribution in [1.82, 2.24) is 4.98 Å². The van der Waals surface area contributed by atoms with E-state index < -0.39 is 41.1 Å². The minimum atomic E-state index is -4.76. The molecule has 3 rings (SSSR count). The number of nitrogens with zero attached hydrogens (tertiary/aromatic N) is 1. The van der Waals surface area contributed by atoms with Gasteiger partial charge in [0.25, 0.3) is 5.91 Å². The third-order valence-electron chi connectivity index (χ3n) is 3.98. The SMILES string of the molecule is [2H]C([2H])([2H])Sc1cccc(NC(=O)c2cc(C(F)(F)F)cnc2Oc2ccc(F)cc2C)c1. The van der Waals surface area contributed by atoms with Crippen LogP contribution in [0.15, 0.2) is 59.6 Å². The fourth-order valence-electron chi connectivity index (χ4n) is 2.52. The van der Waals surface area contributed by atoms with Crippen molar-refractivity contribution < 1.29 is 31.2 Å². The highest BCUT2D eigenvalue weighted by molar-refractivity contribution is 7.98. The van der Waals surface area contributed by atoms with Crippen LogP contribution in [-0.2, 0) is 6.18 Å². The Hall–Kier alpha value is -3.07. The number of benzene rings is 2. The second-order valence-electron chi connectivity index (χ2n) is 6.17. The number of aryl methyl sites for hydroxylation is 1. The molecule has 1 heterocycles. The molecule has 2 aromatic carbocycles. The van der Waals surface area contributed by atoms with E-state index in [1.54, 1.807) is 0 Å². The highest BCUT2D eigenvalue weighted by atomic mass is 32.2. The van der Waals surface area contributed by atoms with Gasteiger partial charge < -0.3 is 10.1 Å². The molecule has 156 valence electrons. The maximum atomic E-state index is 13.4. The molecular formula is C21H16F4N2O2S. The number of thioether (sulfide) groups is 1. The molecule has 4 nitrogen and oxygen atoms in total. The average molecular weight is 439 g/mol. The number of aromatic nitrogens is 1. The summed E-state index contributed by atoms with van der Waals surface area (Å²) in [6.07, 6.45) is -6.55. The Morgan fingerprint density at radius 2 is 2.00 bits per heavy atom. The number of ether oxygens (including phenoxy) is 1. The number of carbonyl (C=O) groups is 1. The molecule has 9 heteroatoms. The summed E-state index contributed by atoms with van der Waals surface area (Å²) in [5.74, 6) is -1.80. The fraction of sp³-hybridized carbons (Fsp3) is 0.143. The lowest BCUT2D eigenvalue weighted by atomic mass is 10.1. The van der Waals surface area contributed by atoms with E-state index in [0.717, 1.165) is 12.1 Å². The summed E-state index contributed by atoms with van der Waals surface area (Å²) in [5, 5.41) is 2.43. The van der Waals surface area contributed by atoms with Gasteiger partial charge in [-0.25, -0.2) is 9.37 Å². The number of hydrogen-bond acceptors (Lipinski definition) is 4. The Kier molecular flexibility index (Phi) is 5.18. The first-order valence-corrected chi connectivity index (χ1v) is 9.25. The number of hydrogen-bond donors (Lipinski definition) is 1. The predicted molar refractivity (Wildman–Crippen MR) is 107 cm³/mol. The third kappa shape index (κ3) is 5.10. The van der Waals surface area contributed by atoms with Crippen molar-refractivity contribution in [1.29, 1.82) is 0 Å². The molecule has 0 bridgehead atoms. The summed E-state index contributed by atoms with van der Waals surface area (Å²) < 4.78 is 80.5. The zero-order valence-corrected chi connectivity index (χ0v) is 16.2. The van der Waals surface area contributed by atoms with Gasteiger partial charge in [-0.15, -0.1) is 11.8 Å². The normalized spacial score (nSPS) is 13.2. The number of amides is 1. The van der Waals surface area contributed by atoms with E-state index in [9.17, 15) is 22.4 Å². The first kappa shape index (κ1) is 17.8. The Morgan fingerprint density at radius 3 is 2.70 bits per heavy atom. The van der Waals surface area contributed by atoms with Gasteiger partial charge in [0.2, 0.25) is 5.88 Å². The van der Waals surface area contributed by atoms with E-state index in [-0.39, 0.29) is 11.4 Å². The maximum absolute atomic E-state index is 13.4. The topological polar surface area (TPSA) is 51.2 Å². The molecule has 0 atom stereocenters. The molecule has 0 fully saturated rings. The minimum absolute atomic E-state index is 0.105. The maximum Gasteiger partial charge on any atom is 0.417 e. The molecule has 0 unspecified atom stereocenters. The molecule has 0 aliphatic heterocycles. The van der Waals surface area contributed by atoms with E-state index in [2.05, 4.69) is 10.3 Å². The molecule has 0 saturated carbocycles. The Bertz CT molecular complexity index is 1190. The summed E-state index contributed by atoms with van der Waals surface area (Å²) >= 11 is 0.584. The van der Waals surface area contributed by atoms with E-state index in [4.69, 9.17) is 8.85 Å². The van der Waals surface area contributed by atoms with Crippen molar-refractivity contribution in [2.75, 3.05) is 11.5 Å². The third-order valence-corrected chi connectivity index (χ3v) is 4.47. The van der Waals surface area contributed by atoms with Crippen molar-refractivity contribution in [3.8, 4) is 11.6 Å². The van der Waals surface area contributed by atoms with Crippen LogP contribution in [0.2, 0.25) is 0 Å². The van der Waals surface area contributed by atoms with Crippen molar-refractivity contribution in [3.63, 3.8) is 0 Å². The van der Waals surface area contributed by atoms with Gasteiger partial charge in [0.05, 0.1) is 5.56 Å². The highest BCUT2D eigenvalue weighted by Gasteiger charge is 2.33. The number of nitrogens with one attached hydrogen (secondary N) is 1. The molecule has 0 spiro atoms. The van der Waals surface area contributed by atoms with Crippen LogP contribution in [0.5, 0.6) is 11.6 Å². The average Bonchev–Trinajstić information content (AvgIpc) is 2.68. The lowest BCUT2D eigenvalue weighted by Gasteiger charge is -2.14. The number of anilines is 1. The van der Waals surface area contributed by atoms with Crippen molar-refractivity contribution in [2.24, 2.45) is 0 Å². The summed E-state index contributed by atoms with van der Waals surface area (Å²) in [6, 6.07) is 9.96. The second-order valence-corrected chi connectivity index (χ2v) is 6.85. The molecule has 0 saturated heterocycles. The van der Waals surface area contributed by atoms with Crippen LogP contribution in [0.3, 0.4) is 0 Å².